The number of nitrogens with one attached hydrogen (secondary N) is 1. The van der Waals surface area contributed by atoms with Gasteiger partial charge in [0.2, 0.25) is 0 Å². The summed E-state index contributed by atoms with van der Waals surface area (Å²) in [5.74, 6) is 2.72. The largest absolute Gasteiger partial charge is 0.490 e. The van der Waals surface area contributed by atoms with E-state index in [1.807, 2.05) is 0 Å². The molecule has 0 radical (unpaired) electrons. The zero-order valence-corrected chi connectivity index (χ0v) is 11.5. The van der Waals surface area contributed by atoms with E-state index >= 15 is 0 Å². The number of ether oxygens (including phenoxy) is 2. The highest BCUT2D eigenvalue weighted by Gasteiger charge is 2.14. The van der Waals surface area contributed by atoms with Crippen LogP contribution in [-0.4, -0.2) is 26.3 Å². The van der Waals surface area contributed by atoms with Crippen molar-refractivity contribution >= 4 is 0 Å². The minimum absolute atomic E-state index is 0.765. The van der Waals surface area contributed by atoms with Crippen molar-refractivity contribution in [3.63, 3.8) is 0 Å². The van der Waals surface area contributed by atoms with E-state index in [0.29, 0.717) is 0 Å². The zero-order valence-electron chi connectivity index (χ0n) is 11.5. The van der Waals surface area contributed by atoms with Crippen LogP contribution < -0.4 is 14.8 Å². The third-order valence-corrected chi connectivity index (χ3v) is 4.11. The van der Waals surface area contributed by atoms with E-state index in [9.17, 15) is 0 Å². The van der Waals surface area contributed by atoms with Gasteiger partial charge >= 0.3 is 0 Å². The van der Waals surface area contributed by atoms with E-state index in [4.69, 9.17) is 9.47 Å². The summed E-state index contributed by atoms with van der Waals surface area (Å²) >= 11 is 0. The van der Waals surface area contributed by atoms with Crippen LogP contribution in [0.4, 0.5) is 0 Å². The molecule has 3 rings (SSSR count). The molecule has 1 N–H and O–H groups in total. The molecule has 19 heavy (non-hydrogen) atoms. The maximum Gasteiger partial charge on any atom is 0.161 e. The van der Waals surface area contributed by atoms with Crippen molar-refractivity contribution in [3.05, 3.63) is 23.8 Å². The predicted octanol–water partition coefficient (Wildman–Crippen LogP) is 2.78. The molecule has 3 nitrogen and oxygen atoms in total. The summed E-state index contributed by atoms with van der Waals surface area (Å²) in [5, 5.41) is 3.42. The van der Waals surface area contributed by atoms with Gasteiger partial charge in [-0.2, -0.15) is 0 Å². The summed E-state index contributed by atoms with van der Waals surface area (Å²) in [6.45, 7) is 3.91. The first-order chi connectivity index (χ1) is 9.42. The average Bonchev–Trinajstić information content (AvgIpc) is 2.71. The molecule has 2 heterocycles. The van der Waals surface area contributed by atoms with Gasteiger partial charge < -0.3 is 14.8 Å². The van der Waals surface area contributed by atoms with Gasteiger partial charge in [-0.05, 0) is 62.4 Å². The molecule has 1 saturated heterocycles. The second-order valence-electron chi connectivity index (χ2n) is 5.56. The van der Waals surface area contributed by atoms with E-state index in [-0.39, 0.29) is 0 Å². The number of fused-ring (bicyclic) bond motifs is 1. The van der Waals surface area contributed by atoms with E-state index in [1.165, 1.54) is 37.9 Å². The lowest BCUT2D eigenvalue weighted by Crippen LogP contribution is -2.27. The Kier molecular flexibility index (Phi) is 4.23. The highest BCUT2D eigenvalue weighted by Crippen LogP contribution is 2.31. The molecular weight excluding hydrogens is 238 g/mol. The van der Waals surface area contributed by atoms with Gasteiger partial charge in [0.15, 0.2) is 11.5 Å². The lowest BCUT2D eigenvalue weighted by atomic mass is 9.91. The summed E-state index contributed by atoms with van der Waals surface area (Å²) in [6, 6.07) is 6.43. The summed E-state index contributed by atoms with van der Waals surface area (Å²) in [6.07, 6.45) is 6.07. The van der Waals surface area contributed by atoms with Gasteiger partial charge in [-0.25, -0.2) is 0 Å². The Morgan fingerprint density at radius 2 is 1.84 bits per heavy atom. The van der Waals surface area contributed by atoms with E-state index in [2.05, 4.69) is 23.5 Å². The second-order valence-corrected chi connectivity index (χ2v) is 5.56. The first-order valence-corrected chi connectivity index (χ1v) is 7.51. The number of benzene rings is 1. The Bertz CT molecular complexity index is 413. The average molecular weight is 261 g/mol. The van der Waals surface area contributed by atoms with Crippen LogP contribution >= 0.6 is 0 Å². The SMILES string of the molecule is c1cc2c(cc1CCC1CCNCC1)OCCCO2. The van der Waals surface area contributed by atoms with E-state index < -0.39 is 0 Å². The molecule has 104 valence electrons. The summed E-state index contributed by atoms with van der Waals surface area (Å²) in [7, 11) is 0. The maximum absolute atomic E-state index is 5.75. The van der Waals surface area contributed by atoms with Gasteiger partial charge in [-0.15, -0.1) is 0 Å². The molecule has 0 atom stereocenters. The molecular formula is C16H23NO2. The van der Waals surface area contributed by atoms with E-state index in [1.54, 1.807) is 0 Å². The summed E-state index contributed by atoms with van der Waals surface area (Å²) < 4.78 is 11.4. The zero-order chi connectivity index (χ0) is 12.9. The van der Waals surface area contributed by atoms with Crippen LogP contribution in [0.3, 0.4) is 0 Å². The van der Waals surface area contributed by atoms with Gasteiger partial charge in [0.05, 0.1) is 13.2 Å². The van der Waals surface area contributed by atoms with Crippen molar-refractivity contribution in [2.75, 3.05) is 26.3 Å². The third kappa shape index (κ3) is 3.41. The van der Waals surface area contributed by atoms with Crippen molar-refractivity contribution in [3.8, 4) is 11.5 Å². The Balaban J connectivity index is 1.60. The molecule has 0 aromatic heterocycles. The molecule has 0 spiro atoms. The quantitative estimate of drug-likeness (QED) is 0.907. The van der Waals surface area contributed by atoms with Crippen molar-refractivity contribution in [1.29, 1.82) is 0 Å². The monoisotopic (exact) mass is 261 g/mol. The number of hydrogen-bond acceptors (Lipinski definition) is 3. The molecule has 1 aromatic carbocycles. The Morgan fingerprint density at radius 1 is 1.05 bits per heavy atom. The molecule has 0 unspecified atom stereocenters. The van der Waals surface area contributed by atoms with Crippen molar-refractivity contribution in [2.24, 2.45) is 5.92 Å². The molecule has 0 bridgehead atoms. The van der Waals surface area contributed by atoms with Crippen LogP contribution in [-0.2, 0) is 6.42 Å². The van der Waals surface area contributed by atoms with Gasteiger partial charge in [0.25, 0.3) is 0 Å². The summed E-state index contributed by atoms with van der Waals surface area (Å²) in [5.41, 5.74) is 1.38. The first kappa shape index (κ1) is 12.8. The minimum Gasteiger partial charge on any atom is -0.490 e. The Labute approximate surface area is 115 Å². The normalized spacial score (nSPS) is 20.0. The minimum atomic E-state index is 0.765. The lowest BCUT2D eigenvalue weighted by Gasteiger charge is -2.22. The number of hydrogen-bond donors (Lipinski definition) is 1. The van der Waals surface area contributed by atoms with Crippen molar-refractivity contribution in [2.45, 2.75) is 32.1 Å². The van der Waals surface area contributed by atoms with Crippen molar-refractivity contribution < 1.29 is 9.47 Å². The van der Waals surface area contributed by atoms with Gasteiger partial charge in [-0.1, -0.05) is 6.07 Å². The highest BCUT2D eigenvalue weighted by atomic mass is 16.5. The van der Waals surface area contributed by atoms with Gasteiger partial charge in [0.1, 0.15) is 0 Å². The molecule has 1 aromatic rings. The molecule has 3 heteroatoms. The number of aryl methyl sites for hydroxylation is 1. The maximum atomic E-state index is 5.75. The van der Waals surface area contributed by atoms with Crippen LogP contribution in [0, 0.1) is 5.92 Å². The lowest BCUT2D eigenvalue weighted by molar-refractivity contribution is 0.297. The molecule has 2 aliphatic rings. The van der Waals surface area contributed by atoms with Gasteiger partial charge in [-0.3, -0.25) is 0 Å². The third-order valence-electron chi connectivity index (χ3n) is 4.11. The van der Waals surface area contributed by atoms with Crippen LogP contribution in [0.2, 0.25) is 0 Å². The van der Waals surface area contributed by atoms with E-state index in [0.717, 1.165) is 43.5 Å². The first-order valence-electron chi connectivity index (χ1n) is 7.51. The predicted molar refractivity (Wildman–Crippen MR) is 76.0 cm³/mol. The molecule has 0 aliphatic carbocycles. The summed E-state index contributed by atoms with van der Waals surface area (Å²) in [4.78, 5) is 0. The van der Waals surface area contributed by atoms with Crippen LogP contribution in [0.1, 0.15) is 31.2 Å². The topological polar surface area (TPSA) is 30.5 Å². The smallest absolute Gasteiger partial charge is 0.161 e. The molecule has 0 amide bonds. The fourth-order valence-corrected chi connectivity index (χ4v) is 2.90. The van der Waals surface area contributed by atoms with Gasteiger partial charge in [0, 0.05) is 6.42 Å². The fraction of sp³-hybridized carbons (Fsp3) is 0.625. The Morgan fingerprint density at radius 3 is 2.68 bits per heavy atom. The number of piperidine rings is 1. The van der Waals surface area contributed by atoms with Crippen molar-refractivity contribution in [1.82, 2.24) is 5.32 Å². The van der Waals surface area contributed by atoms with Crippen LogP contribution in [0.5, 0.6) is 11.5 Å². The standard InChI is InChI=1S/C16H23NO2/c1-10-18-15-5-4-14(12-16(15)19-11-1)3-2-13-6-8-17-9-7-13/h4-5,12-13,17H,1-3,6-11H2. The fourth-order valence-electron chi connectivity index (χ4n) is 2.90. The number of rotatable bonds is 3. The Hall–Kier alpha value is -1.22. The molecule has 0 saturated carbocycles. The molecule has 1 fully saturated rings. The van der Waals surface area contributed by atoms with Crippen LogP contribution in [0.15, 0.2) is 18.2 Å². The van der Waals surface area contributed by atoms with Crippen LogP contribution in [0.25, 0.3) is 0 Å². The second kappa shape index (κ2) is 6.29. The molecule has 2 aliphatic heterocycles. The highest BCUT2D eigenvalue weighted by molar-refractivity contribution is 5.43.